The van der Waals surface area contributed by atoms with E-state index >= 15 is 0 Å². The van der Waals surface area contributed by atoms with E-state index in [-0.39, 0.29) is 5.91 Å². The summed E-state index contributed by atoms with van der Waals surface area (Å²) in [5.41, 5.74) is 4.53. The van der Waals surface area contributed by atoms with Gasteiger partial charge in [-0.1, -0.05) is 26.0 Å². The molecule has 1 aromatic carbocycles. The van der Waals surface area contributed by atoms with Crippen LogP contribution < -0.4 is 5.32 Å². The third-order valence-electron chi connectivity index (χ3n) is 2.62. The Hall–Kier alpha value is -1.57. The Morgan fingerprint density at radius 1 is 1.44 bits per heavy atom. The van der Waals surface area contributed by atoms with E-state index in [0.717, 1.165) is 24.1 Å². The van der Waals surface area contributed by atoms with E-state index in [9.17, 15) is 4.79 Å². The molecule has 2 heteroatoms. The second-order valence-corrected chi connectivity index (χ2v) is 4.04. The van der Waals surface area contributed by atoms with Gasteiger partial charge in [0, 0.05) is 5.69 Å². The van der Waals surface area contributed by atoms with Gasteiger partial charge in [-0.15, -0.1) is 0 Å². The van der Waals surface area contributed by atoms with Crippen molar-refractivity contribution in [3.63, 3.8) is 0 Å². The highest BCUT2D eigenvalue weighted by Gasteiger charge is 2.06. The number of hydrogen-bond donors (Lipinski definition) is 1. The van der Waals surface area contributed by atoms with Crippen LogP contribution in [0.25, 0.3) is 0 Å². The largest absolute Gasteiger partial charge is 0.322 e. The Balaban J connectivity index is 3.08. The second kappa shape index (κ2) is 5.50. The van der Waals surface area contributed by atoms with Crippen molar-refractivity contribution >= 4 is 11.6 Å². The molecule has 0 aromatic heterocycles. The maximum Gasteiger partial charge on any atom is 0.247 e. The topological polar surface area (TPSA) is 29.1 Å². The van der Waals surface area contributed by atoms with E-state index in [4.69, 9.17) is 0 Å². The number of benzene rings is 1. The summed E-state index contributed by atoms with van der Waals surface area (Å²) in [5.74, 6) is -0.156. The molecule has 0 spiro atoms. The molecule has 0 radical (unpaired) electrons. The molecule has 0 saturated carbocycles. The highest BCUT2D eigenvalue weighted by atomic mass is 16.1. The summed E-state index contributed by atoms with van der Waals surface area (Å²) in [6.45, 7) is 9.70. The van der Waals surface area contributed by atoms with Gasteiger partial charge in [-0.05, 0) is 49.1 Å². The lowest BCUT2D eigenvalue weighted by atomic mass is 9.99. The van der Waals surface area contributed by atoms with Crippen LogP contribution >= 0.6 is 0 Å². The van der Waals surface area contributed by atoms with Crippen LogP contribution in [-0.4, -0.2) is 5.91 Å². The molecule has 1 amide bonds. The predicted molar refractivity (Wildman–Crippen MR) is 68.7 cm³/mol. The predicted octanol–water partition coefficient (Wildman–Crippen LogP) is 3.38. The van der Waals surface area contributed by atoms with Gasteiger partial charge in [0.1, 0.15) is 0 Å². The first-order valence-corrected chi connectivity index (χ1v) is 5.62. The second-order valence-electron chi connectivity index (χ2n) is 4.04. The fourth-order valence-corrected chi connectivity index (χ4v) is 1.78. The number of anilines is 1. The first-order valence-electron chi connectivity index (χ1n) is 5.62. The number of aryl methyl sites for hydroxylation is 2. The molecular formula is C14H19NO. The summed E-state index contributed by atoms with van der Waals surface area (Å²) >= 11 is 0. The number of nitrogens with one attached hydrogen (secondary N) is 1. The van der Waals surface area contributed by atoms with E-state index in [1.807, 2.05) is 19.9 Å². The zero-order valence-corrected chi connectivity index (χ0v) is 10.3. The molecule has 0 saturated heterocycles. The molecule has 0 unspecified atom stereocenters. The van der Waals surface area contributed by atoms with Crippen LogP contribution in [0, 0.1) is 13.8 Å². The third-order valence-corrected chi connectivity index (χ3v) is 2.62. The number of hydrogen-bond acceptors (Lipinski definition) is 1. The van der Waals surface area contributed by atoms with Crippen molar-refractivity contribution in [2.24, 2.45) is 0 Å². The van der Waals surface area contributed by atoms with Crippen LogP contribution in [0.2, 0.25) is 0 Å². The SMILES string of the molecule is C=CC(=O)Nc1cc(C)cc(CCC)c1C. The van der Waals surface area contributed by atoms with Crippen LogP contribution in [0.15, 0.2) is 24.8 Å². The lowest BCUT2D eigenvalue weighted by Gasteiger charge is -2.12. The molecule has 1 aromatic rings. The minimum absolute atomic E-state index is 0.156. The number of amides is 1. The van der Waals surface area contributed by atoms with Crippen molar-refractivity contribution in [2.45, 2.75) is 33.6 Å². The van der Waals surface area contributed by atoms with Gasteiger partial charge in [0.25, 0.3) is 0 Å². The van der Waals surface area contributed by atoms with Gasteiger partial charge in [0.2, 0.25) is 5.91 Å². The Morgan fingerprint density at radius 2 is 2.12 bits per heavy atom. The molecule has 0 heterocycles. The van der Waals surface area contributed by atoms with Gasteiger partial charge >= 0.3 is 0 Å². The average Bonchev–Trinajstić information content (AvgIpc) is 2.25. The zero-order chi connectivity index (χ0) is 12.1. The Morgan fingerprint density at radius 3 is 2.69 bits per heavy atom. The van der Waals surface area contributed by atoms with E-state index < -0.39 is 0 Å². The van der Waals surface area contributed by atoms with Crippen LogP contribution in [0.3, 0.4) is 0 Å². The Kier molecular flexibility index (Phi) is 4.29. The van der Waals surface area contributed by atoms with Crippen molar-refractivity contribution < 1.29 is 4.79 Å². The summed E-state index contributed by atoms with van der Waals surface area (Å²) < 4.78 is 0. The van der Waals surface area contributed by atoms with E-state index in [1.54, 1.807) is 0 Å². The van der Waals surface area contributed by atoms with Crippen molar-refractivity contribution in [2.75, 3.05) is 5.32 Å². The quantitative estimate of drug-likeness (QED) is 0.770. The minimum Gasteiger partial charge on any atom is -0.322 e. The van der Waals surface area contributed by atoms with Gasteiger partial charge in [-0.2, -0.15) is 0 Å². The lowest BCUT2D eigenvalue weighted by molar-refractivity contribution is -0.111. The van der Waals surface area contributed by atoms with Crippen molar-refractivity contribution in [1.29, 1.82) is 0 Å². The van der Waals surface area contributed by atoms with E-state index in [2.05, 4.69) is 24.9 Å². The maximum absolute atomic E-state index is 11.3. The first-order chi connectivity index (χ1) is 7.58. The molecule has 1 N–H and O–H groups in total. The lowest BCUT2D eigenvalue weighted by Crippen LogP contribution is -2.09. The number of carbonyl (C=O) groups is 1. The van der Waals surface area contributed by atoms with Gasteiger partial charge in [-0.25, -0.2) is 0 Å². The summed E-state index contributed by atoms with van der Waals surface area (Å²) in [6.07, 6.45) is 3.45. The molecule has 2 nitrogen and oxygen atoms in total. The molecule has 0 bridgehead atoms. The van der Waals surface area contributed by atoms with Crippen molar-refractivity contribution in [1.82, 2.24) is 0 Å². The molecule has 86 valence electrons. The fourth-order valence-electron chi connectivity index (χ4n) is 1.78. The monoisotopic (exact) mass is 217 g/mol. The smallest absolute Gasteiger partial charge is 0.247 e. The number of rotatable bonds is 4. The van der Waals surface area contributed by atoms with E-state index in [0.29, 0.717) is 0 Å². The minimum atomic E-state index is -0.156. The van der Waals surface area contributed by atoms with Crippen LogP contribution in [0.5, 0.6) is 0 Å². The zero-order valence-electron chi connectivity index (χ0n) is 10.3. The first kappa shape index (κ1) is 12.5. The molecule has 0 aliphatic carbocycles. The highest BCUT2D eigenvalue weighted by molar-refractivity contribution is 5.99. The van der Waals surface area contributed by atoms with E-state index in [1.165, 1.54) is 17.2 Å². The summed E-state index contributed by atoms with van der Waals surface area (Å²) in [6, 6.07) is 4.18. The molecule has 1 rings (SSSR count). The Labute approximate surface area is 97.4 Å². The normalized spacial score (nSPS) is 9.94. The maximum atomic E-state index is 11.3. The van der Waals surface area contributed by atoms with Crippen LogP contribution in [-0.2, 0) is 11.2 Å². The number of carbonyl (C=O) groups excluding carboxylic acids is 1. The molecule has 0 aliphatic heterocycles. The van der Waals surface area contributed by atoms with Gasteiger partial charge in [0.15, 0.2) is 0 Å². The summed E-state index contributed by atoms with van der Waals surface area (Å²) in [7, 11) is 0. The molecular weight excluding hydrogens is 198 g/mol. The standard InChI is InChI=1S/C14H19NO/c1-5-7-12-8-10(3)9-13(11(12)4)15-14(16)6-2/h6,8-9H,2,5,7H2,1,3-4H3,(H,15,16). The molecule has 0 aliphatic rings. The van der Waals surface area contributed by atoms with Crippen LogP contribution in [0.1, 0.15) is 30.0 Å². The fraction of sp³-hybridized carbons (Fsp3) is 0.357. The average molecular weight is 217 g/mol. The highest BCUT2D eigenvalue weighted by Crippen LogP contribution is 2.22. The van der Waals surface area contributed by atoms with Gasteiger partial charge in [-0.3, -0.25) is 4.79 Å². The molecule has 16 heavy (non-hydrogen) atoms. The molecule has 0 fully saturated rings. The van der Waals surface area contributed by atoms with Gasteiger partial charge < -0.3 is 5.32 Å². The van der Waals surface area contributed by atoms with Crippen molar-refractivity contribution in [3.8, 4) is 0 Å². The summed E-state index contributed by atoms with van der Waals surface area (Å²) in [5, 5.41) is 2.84. The van der Waals surface area contributed by atoms with Gasteiger partial charge in [0.05, 0.1) is 0 Å². The third kappa shape index (κ3) is 2.96. The van der Waals surface area contributed by atoms with Crippen LogP contribution in [0.4, 0.5) is 5.69 Å². The van der Waals surface area contributed by atoms with Crippen molar-refractivity contribution in [3.05, 3.63) is 41.5 Å². The summed E-state index contributed by atoms with van der Waals surface area (Å²) in [4.78, 5) is 11.3. The Bertz CT molecular complexity index is 407. The molecule has 0 atom stereocenters.